The van der Waals surface area contributed by atoms with Crippen LogP contribution in [0.25, 0.3) is 0 Å². The van der Waals surface area contributed by atoms with Crippen molar-refractivity contribution < 1.29 is 4.79 Å². The highest BCUT2D eigenvalue weighted by molar-refractivity contribution is 5.76. The van der Waals surface area contributed by atoms with Gasteiger partial charge in [0.1, 0.15) is 0 Å². The van der Waals surface area contributed by atoms with Crippen LogP contribution in [0.2, 0.25) is 0 Å². The first kappa shape index (κ1) is 16.9. The molecule has 0 aromatic carbocycles. The average molecular weight is 303 g/mol. The molecule has 2 heterocycles. The lowest BCUT2D eigenvalue weighted by Gasteiger charge is -2.37. The number of hydrogen-bond donors (Lipinski definition) is 0. The minimum Gasteiger partial charge on any atom is -0.343 e. The molecule has 4 heteroatoms. The van der Waals surface area contributed by atoms with Crippen molar-refractivity contribution in [3.05, 3.63) is 30.1 Å². The van der Waals surface area contributed by atoms with Gasteiger partial charge in [-0.3, -0.25) is 14.7 Å². The van der Waals surface area contributed by atoms with Gasteiger partial charge in [-0.1, -0.05) is 13.8 Å². The molecule has 22 heavy (non-hydrogen) atoms. The Labute approximate surface area is 134 Å². The molecule has 4 nitrogen and oxygen atoms in total. The summed E-state index contributed by atoms with van der Waals surface area (Å²) in [7, 11) is 1.98. The minimum atomic E-state index is 0.307. The summed E-state index contributed by atoms with van der Waals surface area (Å²) in [6.45, 7) is 7.46. The van der Waals surface area contributed by atoms with E-state index in [-0.39, 0.29) is 0 Å². The van der Waals surface area contributed by atoms with E-state index in [2.05, 4.69) is 35.9 Å². The summed E-state index contributed by atoms with van der Waals surface area (Å²) in [6, 6.07) is 4.56. The Morgan fingerprint density at radius 3 is 2.55 bits per heavy atom. The molecular formula is C18H29N3O. The lowest BCUT2D eigenvalue weighted by Crippen LogP contribution is -2.45. The van der Waals surface area contributed by atoms with Gasteiger partial charge in [-0.05, 0) is 42.9 Å². The Bertz CT molecular complexity index is 453. The minimum absolute atomic E-state index is 0.307. The number of hydrogen-bond acceptors (Lipinski definition) is 3. The van der Waals surface area contributed by atoms with Crippen LogP contribution in [-0.2, 0) is 11.3 Å². The van der Waals surface area contributed by atoms with Crippen molar-refractivity contribution in [2.45, 2.75) is 52.1 Å². The molecule has 0 bridgehead atoms. The molecule has 0 N–H and O–H groups in total. The Hall–Kier alpha value is -1.42. The molecule has 1 aromatic heterocycles. The quantitative estimate of drug-likeness (QED) is 0.811. The third-order valence-corrected chi connectivity index (χ3v) is 4.59. The molecule has 0 saturated carbocycles. The van der Waals surface area contributed by atoms with E-state index in [1.807, 2.05) is 24.3 Å². The number of aromatic nitrogens is 1. The van der Waals surface area contributed by atoms with E-state index in [1.165, 1.54) is 5.56 Å². The molecule has 1 aromatic rings. The van der Waals surface area contributed by atoms with Gasteiger partial charge in [0.25, 0.3) is 0 Å². The summed E-state index contributed by atoms with van der Waals surface area (Å²) < 4.78 is 0. The fourth-order valence-corrected chi connectivity index (χ4v) is 3.00. The number of carbonyl (C=O) groups is 1. The predicted molar refractivity (Wildman–Crippen MR) is 89.4 cm³/mol. The van der Waals surface area contributed by atoms with E-state index in [0.29, 0.717) is 24.3 Å². The molecule has 1 aliphatic heterocycles. The highest BCUT2D eigenvalue weighted by atomic mass is 16.2. The third-order valence-electron chi connectivity index (χ3n) is 4.59. The van der Waals surface area contributed by atoms with Crippen LogP contribution in [0.3, 0.4) is 0 Å². The summed E-state index contributed by atoms with van der Waals surface area (Å²) in [5.74, 6) is 0.904. The molecule has 122 valence electrons. The molecule has 0 atom stereocenters. The summed E-state index contributed by atoms with van der Waals surface area (Å²) in [4.78, 5) is 20.7. The molecular weight excluding hydrogens is 274 g/mol. The number of likely N-dealkylation sites (tertiary alicyclic amines) is 1. The molecule has 1 saturated heterocycles. The van der Waals surface area contributed by atoms with Gasteiger partial charge in [0.05, 0.1) is 0 Å². The fourth-order valence-electron chi connectivity index (χ4n) is 3.00. The first-order chi connectivity index (χ1) is 10.6. The highest BCUT2D eigenvalue weighted by Gasteiger charge is 2.25. The Kier molecular flexibility index (Phi) is 6.37. The summed E-state index contributed by atoms with van der Waals surface area (Å²) in [5.41, 5.74) is 1.31. The molecule has 0 unspecified atom stereocenters. The van der Waals surface area contributed by atoms with Crippen molar-refractivity contribution in [3.63, 3.8) is 0 Å². The van der Waals surface area contributed by atoms with E-state index in [0.717, 1.165) is 38.9 Å². The van der Waals surface area contributed by atoms with Crippen molar-refractivity contribution in [3.8, 4) is 0 Å². The topological polar surface area (TPSA) is 36.4 Å². The summed E-state index contributed by atoms with van der Waals surface area (Å²) >= 11 is 0. The van der Waals surface area contributed by atoms with Gasteiger partial charge < -0.3 is 4.90 Å². The SMILES string of the molecule is CC(C)CCC(=O)N(C)C1CCN(Cc2ccncc2)CC1. The standard InChI is InChI=1S/C18H29N3O/c1-15(2)4-5-18(22)20(3)17-8-12-21(13-9-17)14-16-6-10-19-11-7-16/h6-7,10-11,15,17H,4-5,8-9,12-14H2,1-3H3. The zero-order valence-electron chi connectivity index (χ0n) is 14.2. The Morgan fingerprint density at radius 2 is 1.95 bits per heavy atom. The van der Waals surface area contributed by atoms with E-state index in [4.69, 9.17) is 0 Å². The first-order valence-electron chi connectivity index (χ1n) is 8.43. The lowest BCUT2D eigenvalue weighted by molar-refractivity contribution is -0.133. The second-order valence-corrected chi connectivity index (χ2v) is 6.80. The maximum Gasteiger partial charge on any atom is 0.222 e. The van der Waals surface area contributed by atoms with Crippen LogP contribution in [-0.4, -0.2) is 46.9 Å². The molecule has 1 fully saturated rings. The zero-order valence-corrected chi connectivity index (χ0v) is 14.2. The number of pyridine rings is 1. The van der Waals surface area contributed by atoms with Gasteiger partial charge in [-0.25, -0.2) is 0 Å². The molecule has 0 aliphatic carbocycles. The van der Waals surface area contributed by atoms with Gasteiger partial charge in [0.15, 0.2) is 0 Å². The van der Waals surface area contributed by atoms with Gasteiger partial charge in [-0.15, -0.1) is 0 Å². The maximum absolute atomic E-state index is 12.2. The maximum atomic E-state index is 12.2. The number of nitrogens with zero attached hydrogens (tertiary/aromatic N) is 3. The molecule has 1 amide bonds. The average Bonchev–Trinajstić information content (AvgIpc) is 2.53. The van der Waals surface area contributed by atoms with E-state index in [1.54, 1.807) is 0 Å². The summed E-state index contributed by atoms with van der Waals surface area (Å²) in [6.07, 6.45) is 7.53. The number of carbonyl (C=O) groups excluding carboxylic acids is 1. The van der Waals surface area contributed by atoms with Crippen molar-refractivity contribution in [2.24, 2.45) is 5.92 Å². The number of piperidine rings is 1. The van der Waals surface area contributed by atoms with Crippen LogP contribution >= 0.6 is 0 Å². The molecule has 1 aliphatic rings. The smallest absolute Gasteiger partial charge is 0.222 e. The Balaban J connectivity index is 1.75. The second kappa shape index (κ2) is 8.28. The second-order valence-electron chi connectivity index (χ2n) is 6.80. The molecule has 2 rings (SSSR count). The van der Waals surface area contributed by atoms with Crippen molar-refractivity contribution in [1.29, 1.82) is 0 Å². The molecule has 0 radical (unpaired) electrons. The fraction of sp³-hybridized carbons (Fsp3) is 0.667. The van der Waals surface area contributed by atoms with Crippen LogP contribution in [0.15, 0.2) is 24.5 Å². The van der Waals surface area contributed by atoms with Crippen LogP contribution < -0.4 is 0 Å². The zero-order chi connectivity index (χ0) is 15.9. The van der Waals surface area contributed by atoms with Crippen molar-refractivity contribution >= 4 is 5.91 Å². The van der Waals surface area contributed by atoms with Gasteiger partial charge in [0, 0.05) is 51.5 Å². The van der Waals surface area contributed by atoms with Gasteiger partial charge in [-0.2, -0.15) is 0 Å². The first-order valence-corrected chi connectivity index (χ1v) is 8.43. The number of rotatable bonds is 6. The van der Waals surface area contributed by atoms with E-state index < -0.39 is 0 Å². The van der Waals surface area contributed by atoms with Gasteiger partial charge >= 0.3 is 0 Å². The van der Waals surface area contributed by atoms with Crippen LogP contribution in [0, 0.1) is 5.92 Å². The van der Waals surface area contributed by atoms with Crippen LogP contribution in [0.5, 0.6) is 0 Å². The van der Waals surface area contributed by atoms with Crippen molar-refractivity contribution in [2.75, 3.05) is 20.1 Å². The van der Waals surface area contributed by atoms with Crippen LogP contribution in [0.1, 0.15) is 45.1 Å². The Morgan fingerprint density at radius 1 is 1.32 bits per heavy atom. The van der Waals surface area contributed by atoms with Crippen molar-refractivity contribution in [1.82, 2.24) is 14.8 Å². The van der Waals surface area contributed by atoms with Crippen LogP contribution in [0.4, 0.5) is 0 Å². The summed E-state index contributed by atoms with van der Waals surface area (Å²) in [5, 5.41) is 0. The highest BCUT2D eigenvalue weighted by Crippen LogP contribution is 2.18. The lowest BCUT2D eigenvalue weighted by atomic mass is 10.0. The molecule has 0 spiro atoms. The van der Waals surface area contributed by atoms with E-state index >= 15 is 0 Å². The largest absolute Gasteiger partial charge is 0.343 e. The predicted octanol–water partition coefficient (Wildman–Crippen LogP) is 2.94. The monoisotopic (exact) mass is 303 g/mol. The third kappa shape index (κ3) is 5.09. The van der Waals surface area contributed by atoms with E-state index in [9.17, 15) is 4.79 Å². The normalized spacial score (nSPS) is 16.9. The van der Waals surface area contributed by atoms with Gasteiger partial charge in [0.2, 0.25) is 5.91 Å². The number of amides is 1.